The second kappa shape index (κ2) is 7.61. The Morgan fingerprint density at radius 3 is 2.95 bits per heavy atom. The Bertz CT molecular complexity index is 516. The van der Waals surface area contributed by atoms with Gasteiger partial charge in [-0.2, -0.15) is 0 Å². The summed E-state index contributed by atoms with van der Waals surface area (Å²) in [5, 5.41) is 3.10. The average Bonchev–Trinajstić information content (AvgIpc) is 2.48. The molecule has 0 radical (unpaired) electrons. The Hall–Kier alpha value is -1.58. The van der Waals surface area contributed by atoms with Crippen molar-refractivity contribution in [2.24, 2.45) is 5.92 Å². The van der Waals surface area contributed by atoms with Crippen LogP contribution in [-0.2, 0) is 4.79 Å². The standard InChI is InChI=1S/C18H27FN2O/c1-13(2)6-9-18(22)20-15-5-4-10-21(12-15)17-11-14(3)7-8-16(17)19/h7-8,11,13,15H,4-6,9-10,12H2,1-3H3,(H,20,22). The number of hydrogen-bond donors (Lipinski definition) is 1. The van der Waals surface area contributed by atoms with Crippen LogP contribution in [0.3, 0.4) is 0 Å². The van der Waals surface area contributed by atoms with Crippen molar-refractivity contribution in [1.29, 1.82) is 0 Å². The van der Waals surface area contributed by atoms with E-state index in [0.29, 0.717) is 24.6 Å². The number of halogens is 1. The van der Waals surface area contributed by atoms with Gasteiger partial charge in [-0.3, -0.25) is 4.79 Å². The monoisotopic (exact) mass is 306 g/mol. The van der Waals surface area contributed by atoms with Crippen LogP contribution in [0.1, 0.15) is 45.1 Å². The summed E-state index contributed by atoms with van der Waals surface area (Å²) in [6.45, 7) is 7.75. The molecule has 0 aromatic heterocycles. The van der Waals surface area contributed by atoms with E-state index in [1.165, 1.54) is 6.07 Å². The Balaban J connectivity index is 1.94. The van der Waals surface area contributed by atoms with Gasteiger partial charge >= 0.3 is 0 Å². The molecule has 1 aromatic rings. The molecule has 0 aliphatic carbocycles. The maximum absolute atomic E-state index is 14.0. The Morgan fingerprint density at radius 1 is 1.45 bits per heavy atom. The molecule has 1 saturated heterocycles. The van der Waals surface area contributed by atoms with Crippen LogP contribution < -0.4 is 10.2 Å². The summed E-state index contributed by atoms with van der Waals surface area (Å²) in [7, 11) is 0. The van der Waals surface area contributed by atoms with Crippen LogP contribution in [-0.4, -0.2) is 25.0 Å². The fraction of sp³-hybridized carbons (Fsp3) is 0.611. The van der Waals surface area contributed by atoms with Crippen LogP contribution in [0.4, 0.5) is 10.1 Å². The lowest BCUT2D eigenvalue weighted by Crippen LogP contribution is -2.48. The molecule has 0 saturated carbocycles. The predicted octanol–water partition coefficient (Wildman–Crippen LogP) is 3.66. The minimum absolute atomic E-state index is 0.116. The predicted molar refractivity (Wildman–Crippen MR) is 88.6 cm³/mol. The first kappa shape index (κ1) is 16.8. The van der Waals surface area contributed by atoms with Gasteiger partial charge in [0.05, 0.1) is 5.69 Å². The SMILES string of the molecule is Cc1ccc(F)c(N2CCCC(NC(=O)CCC(C)C)C2)c1. The summed E-state index contributed by atoms with van der Waals surface area (Å²) < 4.78 is 14.0. The Kier molecular flexibility index (Phi) is 5.81. The molecule has 2 rings (SSSR count). The summed E-state index contributed by atoms with van der Waals surface area (Å²) >= 11 is 0. The third-order valence-corrected chi connectivity index (χ3v) is 4.18. The highest BCUT2D eigenvalue weighted by atomic mass is 19.1. The maximum Gasteiger partial charge on any atom is 0.220 e. The average molecular weight is 306 g/mol. The molecule has 0 spiro atoms. The summed E-state index contributed by atoms with van der Waals surface area (Å²) in [6.07, 6.45) is 3.43. The molecule has 1 amide bonds. The summed E-state index contributed by atoms with van der Waals surface area (Å²) in [5.74, 6) is 0.470. The zero-order valence-electron chi connectivity index (χ0n) is 13.9. The first-order valence-corrected chi connectivity index (χ1v) is 8.26. The molecule has 0 bridgehead atoms. The van der Waals surface area contributed by atoms with Crippen molar-refractivity contribution in [2.45, 2.75) is 52.5 Å². The summed E-state index contributed by atoms with van der Waals surface area (Å²) in [5.41, 5.74) is 1.71. The van der Waals surface area contributed by atoms with Crippen LogP contribution in [0, 0.1) is 18.7 Å². The lowest BCUT2D eigenvalue weighted by molar-refractivity contribution is -0.122. The van der Waals surface area contributed by atoms with E-state index < -0.39 is 0 Å². The maximum atomic E-state index is 14.0. The van der Waals surface area contributed by atoms with E-state index in [2.05, 4.69) is 24.1 Å². The zero-order valence-corrected chi connectivity index (χ0v) is 13.9. The highest BCUT2D eigenvalue weighted by Crippen LogP contribution is 2.24. The highest BCUT2D eigenvalue weighted by molar-refractivity contribution is 5.76. The van der Waals surface area contributed by atoms with Gasteiger partial charge in [0.15, 0.2) is 0 Å². The van der Waals surface area contributed by atoms with Gasteiger partial charge in [0, 0.05) is 25.6 Å². The van der Waals surface area contributed by atoms with Crippen molar-refractivity contribution < 1.29 is 9.18 Å². The van der Waals surface area contributed by atoms with E-state index in [4.69, 9.17) is 0 Å². The normalized spacial score (nSPS) is 18.6. The van der Waals surface area contributed by atoms with Gasteiger partial charge in [0.25, 0.3) is 0 Å². The molecule has 1 aliphatic rings. The first-order valence-electron chi connectivity index (χ1n) is 8.26. The lowest BCUT2D eigenvalue weighted by atomic mass is 10.0. The van der Waals surface area contributed by atoms with E-state index in [0.717, 1.165) is 31.4 Å². The van der Waals surface area contributed by atoms with Crippen molar-refractivity contribution >= 4 is 11.6 Å². The van der Waals surface area contributed by atoms with Crippen molar-refractivity contribution in [2.75, 3.05) is 18.0 Å². The van der Waals surface area contributed by atoms with Crippen LogP contribution in [0.2, 0.25) is 0 Å². The smallest absolute Gasteiger partial charge is 0.220 e. The molecule has 1 heterocycles. The van der Waals surface area contributed by atoms with Crippen molar-refractivity contribution in [3.05, 3.63) is 29.6 Å². The molecule has 1 aromatic carbocycles. The van der Waals surface area contributed by atoms with E-state index in [-0.39, 0.29) is 17.8 Å². The Labute approximate surface area is 132 Å². The number of amides is 1. The van der Waals surface area contributed by atoms with Gasteiger partial charge in [-0.15, -0.1) is 0 Å². The second-order valence-electron chi connectivity index (χ2n) is 6.74. The zero-order chi connectivity index (χ0) is 16.1. The number of carbonyl (C=O) groups is 1. The van der Waals surface area contributed by atoms with Gasteiger partial charge in [0.1, 0.15) is 5.82 Å². The number of rotatable bonds is 5. The van der Waals surface area contributed by atoms with E-state index in [9.17, 15) is 9.18 Å². The van der Waals surface area contributed by atoms with Gasteiger partial charge in [-0.25, -0.2) is 4.39 Å². The molecule has 22 heavy (non-hydrogen) atoms. The van der Waals surface area contributed by atoms with E-state index >= 15 is 0 Å². The molecule has 1 N–H and O–H groups in total. The van der Waals surface area contributed by atoms with Crippen LogP contribution in [0.5, 0.6) is 0 Å². The van der Waals surface area contributed by atoms with Gasteiger partial charge in [0.2, 0.25) is 5.91 Å². The molecule has 1 aliphatic heterocycles. The molecule has 4 heteroatoms. The number of anilines is 1. The van der Waals surface area contributed by atoms with E-state index in [1.54, 1.807) is 6.07 Å². The summed E-state index contributed by atoms with van der Waals surface area (Å²) in [4.78, 5) is 14.0. The lowest BCUT2D eigenvalue weighted by Gasteiger charge is -2.35. The quantitative estimate of drug-likeness (QED) is 0.900. The number of benzene rings is 1. The first-order chi connectivity index (χ1) is 10.5. The van der Waals surface area contributed by atoms with Crippen molar-refractivity contribution in [3.8, 4) is 0 Å². The fourth-order valence-electron chi connectivity index (χ4n) is 2.90. The number of piperidine rings is 1. The van der Waals surface area contributed by atoms with Gasteiger partial charge in [-0.1, -0.05) is 19.9 Å². The van der Waals surface area contributed by atoms with Crippen LogP contribution in [0.25, 0.3) is 0 Å². The minimum Gasteiger partial charge on any atom is -0.367 e. The molecule has 1 unspecified atom stereocenters. The molecule has 3 nitrogen and oxygen atoms in total. The highest BCUT2D eigenvalue weighted by Gasteiger charge is 2.23. The van der Waals surface area contributed by atoms with Gasteiger partial charge in [-0.05, 0) is 49.8 Å². The van der Waals surface area contributed by atoms with Crippen LogP contribution >= 0.6 is 0 Å². The number of hydrogen-bond acceptors (Lipinski definition) is 2. The van der Waals surface area contributed by atoms with Crippen LogP contribution in [0.15, 0.2) is 18.2 Å². The van der Waals surface area contributed by atoms with E-state index in [1.807, 2.05) is 13.0 Å². The molecule has 1 fully saturated rings. The Morgan fingerprint density at radius 2 is 2.23 bits per heavy atom. The number of nitrogens with one attached hydrogen (secondary N) is 1. The van der Waals surface area contributed by atoms with Crippen molar-refractivity contribution in [1.82, 2.24) is 5.32 Å². The number of aryl methyl sites for hydroxylation is 1. The summed E-state index contributed by atoms with van der Waals surface area (Å²) in [6, 6.07) is 5.31. The van der Waals surface area contributed by atoms with Crippen molar-refractivity contribution in [3.63, 3.8) is 0 Å². The number of nitrogens with zero attached hydrogens (tertiary/aromatic N) is 1. The topological polar surface area (TPSA) is 32.3 Å². The largest absolute Gasteiger partial charge is 0.367 e. The fourth-order valence-corrected chi connectivity index (χ4v) is 2.90. The second-order valence-corrected chi connectivity index (χ2v) is 6.74. The third-order valence-electron chi connectivity index (χ3n) is 4.18. The molecular formula is C18H27FN2O. The molecular weight excluding hydrogens is 279 g/mol. The molecule has 122 valence electrons. The van der Waals surface area contributed by atoms with Gasteiger partial charge < -0.3 is 10.2 Å². The third kappa shape index (κ3) is 4.72. The molecule has 1 atom stereocenters. The number of carbonyl (C=O) groups excluding carboxylic acids is 1. The minimum atomic E-state index is -0.183.